The first-order valence-electron chi connectivity index (χ1n) is 5.87. The van der Waals surface area contributed by atoms with Crippen LogP contribution < -0.4 is 16.4 Å². The van der Waals surface area contributed by atoms with Crippen LogP contribution in [0.25, 0.3) is 0 Å². The van der Waals surface area contributed by atoms with E-state index in [1.54, 1.807) is 0 Å². The number of benzene rings is 1. The summed E-state index contributed by atoms with van der Waals surface area (Å²) in [5, 5.41) is 16.6. The second-order valence-electron chi connectivity index (χ2n) is 3.97. The highest BCUT2D eigenvalue weighted by atomic mass is 19.1. The zero-order valence-electron chi connectivity index (χ0n) is 10.6. The average molecular weight is 268 g/mol. The van der Waals surface area contributed by atoms with Crippen molar-refractivity contribution in [3.05, 3.63) is 30.1 Å². The van der Waals surface area contributed by atoms with Crippen molar-refractivity contribution < 1.29 is 14.4 Å². The second kappa shape index (κ2) is 7.20. The average Bonchev–Trinajstić information content (AvgIpc) is 2.40. The van der Waals surface area contributed by atoms with Gasteiger partial charge in [0, 0.05) is 5.69 Å². The molecule has 0 radical (unpaired) electrons. The predicted molar refractivity (Wildman–Crippen MR) is 70.7 cm³/mol. The highest BCUT2D eigenvalue weighted by Gasteiger charge is 2.15. The van der Waals surface area contributed by atoms with Gasteiger partial charge in [0.05, 0.1) is 6.04 Å². The number of oxime groups is 1. The number of nitrogens with two attached hydrogens (primary N) is 1. The lowest BCUT2D eigenvalue weighted by Gasteiger charge is -2.17. The summed E-state index contributed by atoms with van der Waals surface area (Å²) in [5.74, 6) is -0.442. The van der Waals surface area contributed by atoms with E-state index in [4.69, 9.17) is 10.9 Å². The Balaban J connectivity index is 2.60. The molecular weight excluding hydrogens is 251 g/mol. The summed E-state index contributed by atoms with van der Waals surface area (Å²) in [6.07, 6.45) is 1.31. The van der Waals surface area contributed by atoms with E-state index in [9.17, 15) is 9.18 Å². The molecular formula is C12H17FN4O2. The SMILES string of the molecule is CCCC(NC(=O)Nc1ccc(F)cc1)/C(N)=N/O. The Kier molecular flexibility index (Phi) is 5.59. The van der Waals surface area contributed by atoms with E-state index in [0.717, 1.165) is 6.42 Å². The normalized spacial score (nSPS) is 12.8. The van der Waals surface area contributed by atoms with Gasteiger partial charge in [-0.1, -0.05) is 18.5 Å². The zero-order chi connectivity index (χ0) is 14.3. The van der Waals surface area contributed by atoms with Gasteiger partial charge in [0.1, 0.15) is 5.82 Å². The molecule has 6 nitrogen and oxygen atoms in total. The van der Waals surface area contributed by atoms with E-state index in [0.29, 0.717) is 12.1 Å². The van der Waals surface area contributed by atoms with Gasteiger partial charge >= 0.3 is 6.03 Å². The van der Waals surface area contributed by atoms with Crippen LogP contribution in [-0.4, -0.2) is 23.1 Å². The molecule has 7 heteroatoms. The van der Waals surface area contributed by atoms with Crippen molar-refractivity contribution in [2.75, 3.05) is 5.32 Å². The van der Waals surface area contributed by atoms with Crippen LogP contribution in [0.15, 0.2) is 29.4 Å². The molecule has 0 fully saturated rings. The number of urea groups is 1. The molecule has 0 aliphatic rings. The number of amides is 2. The van der Waals surface area contributed by atoms with Gasteiger partial charge < -0.3 is 21.6 Å². The number of carbonyl (C=O) groups excluding carboxylic acids is 1. The Morgan fingerprint density at radius 1 is 1.47 bits per heavy atom. The molecule has 0 aliphatic carbocycles. The highest BCUT2D eigenvalue weighted by Crippen LogP contribution is 2.08. The molecule has 0 saturated heterocycles. The van der Waals surface area contributed by atoms with Crippen LogP contribution in [0.3, 0.4) is 0 Å². The topological polar surface area (TPSA) is 99.7 Å². The van der Waals surface area contributed by atoms with Crippen molar-refractivity contribution in [1.82, 2.24) is 5.32 Å². The second-order valence-corrected chi connectivity index (χ2v) is 3.97. The first-order chi connectivity index (χ1) is 9.06. The number of anilines is 1. The van der Waals surface area contributed by atoms with Gasteiger partial charge in [-0.3, -0.25) is 0 Å². The van der Waals surface area contributed by atoms with Crippen LogP contribution in [0, 0.1) is 5.82 Å². The summed E-state index contributed by atoms with van der Waals surface area (Å²) in [5.41, 5.74) is 5.93. The summed E-state index contributed by atoms with van der Waals surface area (Å²) >= 11 is 0. The molecule has 1 rings (SSSR count). The lowest BCUT2D eigenvalue weighted by atomic mass is 10.1. The fraction of sp³-hybridized carbons (Fsp3) is 0.333. The van der Waals surface area contributed by atoms with Gasteiger partial charge in [-0.25, -0.2) is 9.18 Å². The van der Waals surface area contributed by atoms with Crippen molar-refractivity contribution in [2.45, 2.75) is 25.8 Å². The van der Waals surface area contributed by atoms with Crippen molar-refractivity contribution >= 4 is 17.6 Å². The molecule has 1 atom stereocenters. The molecule has 19 heavy (non-hydrogen) atoms. The summed E-state index contributed by atoms with van der Waals surface area (Å²) in [6, 6.07) is 4.30. The van der Waals surface area contributed by atoms with Gasteiger partial charge in [-0.2, -0.15) is 0 Å². The summed E-state index contributed by atoms with van der Waals surface area (Å²) in [7, 11) is 0. The number of halogens is 1. The highest BCUT2D eigenvalue weighted by molar-refractivity contribution is 5.94. The maximum absolute atomic E-state index is 12.7. The molecule has 1 aromatic carbocycles. The van der Waals surface area contributed by atoms with Gasteiger partial charge in [0.15, 0.2) is 5.84 Å². The largest absolute Gasteiger partial charge is 0.409 e. The predicted octanol–water partition coefficient (Wildman–Crippen LogP) is 1.86. The van der Waals surface area contributed by atoms with Gasteiger partial charge in [0.2, 0.25) is 0 Å². The minimum absolute atomic E-state index is 0.0592. The van der Waals surface area contributed by atoms with E-state index in [1.165, 1.54) is 24.3 Å². The molecule has 1 unspecified atom stereocenters. The number of amidine groups is 1. The number of hydrogen-bond acceptors (Lipinski definition) is 3. The summed E-state index contributed by atoms with van der Waals surface area (Å²) < 4.78 is 12.7. The zero-order valence-corrected chi connectivity index (χ0v) is 10.6. The first-order valence-corrected chi connectivity index (χ1v) is 5.87. The fourth-order valence-electron chi connectivity index (χ4n) is 1.51. The summed E-state index contributed by atoms with van der Waals surface area (Å²) in [6.45, 7) is 1.91. The lowest BCUT2D eigenvalue weighted by molar-refractivity contribution is 0.250. The van der Waals surface area contributed by atoms with Crippen LogP contribution in [-0.2, 0) is 0 Å². The van der Waals surface area contributed by atoms with Crippen LogP contribution in [0.4, 0.5) is 14.9 Å². The Morgan fingerprint density at radius 2 is 2.11 bits per heavy atom. The molecule has 104 valence electrons. The fourth-order valence-corrected chi connectivity index (χ4v) is 1.51. The quantitative estimate of drug-likeness (QED) is 0.284. The monoisotopic (exact) mass is 268 g/mol. The van der Waals surface area contributed by atoms with E-state index in [1.807, 2.05) is 6.92 Å². The lowest BCUT2D eigenvalue weighted by Crippen LogP contribution is -2.46. The van der Waals surface area contributed by atoms with Crippen molar-refractivity contribution in [3.63, 3.8) is 0 Å². The molecule has 2 amide bonds. The molecule has 0 saturated carbocycles. The van der Waals surface area contributed by atoms with E-state index >= 15 is 0 Å². The third-order valence-corrected chi connectivity index (χ3v) is 2.46. The van der Waals surface area contributed by atoms with E-state index in [2.05, 4.69) is 15.8 Å². The Morgan fingerprint density at radius 3 is 2.63 bits per heavy atom. The van der Waals surface area contributed by atoms with Crippen molar-refractivity contribution in [1.29, 1.82) is 0 Å². The van der Waals surface area contributed by atoms with Crippen molar-refractivity contribution in [2.24, 2.45) is 10.9 Å². The summed E-state index contributed by atoms with van der Waals surface area (Å²) in [4.78, 5) is 11.7. The molecule has 0 spiro atoms. The van der Waals surface area contributed by atoms with E-state index < -0.39 is 12.1 Å². The maximum Gasteiger partial charge on any atom is 0.319 e. The molecule has 0 bridgehead atoms. The standard InChI is InChI=1S/C12H17FN4O2/c1-2-3-10(11(14)17-19)16-12(18)15-9-6-4-8(13)5-7-9/h4-7,10,19H,2-3H2,1H3,(H2,14,17)(H2,15,16,18). The minimum atomic E-state index is -0.546. The number of nitrogens with one attached hydrogen (secondary N) is 2. The first kappa shape index (κ1) is 14.7. The Hall–Kier alpha value is -2.31. The molecule has 0 aliphatic heterocycles. The number of rotatable bonds is 5. The van der Waals surface area contributed by atoms with Crippen molar-refractivity contribution in [3.8, 4) is 0 Å². The smallest absolute Gasteiger partial charge is 0.319 e. The van der Waals surface area contributed by atoms with Crippen LogP contribution in [0.5, 0.6) is 0 Å². The van der Waals surface area contributed by atoms with Gasteiger partial charge in [-0.15, -0.1) is 0 Å². The number of carbonyl (C=O) groups is 1. The van der Waals surface area contributed by atoms with Gasteiger partial charge in [0.25, 0.3) is 0 Å². The van der Waals surface area contributed by atoms with Crippen LogP contribution in [0.2, 0.25) is 0 Å². The Labute approximate surface area is 110 Å². The van der Waals surface area contributed by atoms with Crippen LogP contribution >= 0.6 is 0 Å². The molecule has 5 N–H and O–H groups in total. The molecule has 1 aromatic rings. The van der Waals surface area contributed by atoms with E-state index in [-0.39, 0.29) is 11.7 Å². The van der Waals surface area contributed by atoms with Gasteiger partial charge in [-0.05, 0) is 30.7 Å². The number of nitrogens with zero attached hydrogens (tertiary/aromatic N) is 1. The van der Waals surface area contributed by atoms with Crippen LogP contribution in [0.1, 0.15) is 19.8 Å². The third kappa shape index (κ3) is 4.82. The maximum atomic E-state index is 12.7. The third-order valence-electron chi connectivity index (χ3n) is 2.46. The Bertz CT molecular complexity index is 448. The molecule has 0 heterocycles. The minimum Gasteiger partial charge on any atom is -0.409 e. The number of hydrogen-bond donors (Lipinski definition) is 4. The molecule has 0 aromatic heterocycles.